The lowest BCUT2D eigenvalue weighted by atomic mass is 10.3. The van der Waals surface area contributed by atoms with Gasteiger partial charge in [0.2, 0.25) is 0 Å². The van der Waals surface area contributed by atoms with Gasteiger partial charge in [-0.05, 0) is 12.1 Å². The first-order valence-electron chi connectivity index (χ1n) is 5.41. The van der Waals surface area contributed by atoms with Gasteiger partial charge in [-0.2, -0.15) is 28.8 Å². The van der Waals surface area contributed by atoms with E-state index in [0.29, 0.717) is 5.69 Å². The Labute approximate surface area is 113 Å². The highest BCUT2D eigenvalue weighted by molar-refractivity contribution is 7.86. The fourth-order valence-corrected chi connectivity index (χ4v) is 2.43. The van der Waals surface area contributed by atoms with E-state index in [9.17, 15) is 13.0 Å². The molecule has 1 aromatic carbocycles. The Bertz CT molecular complexity index is 826. The van der Waals surface area contributed by atoms with Crippen LogP contribution in [0.2, 0.25) is 0 Å². The van der Waals surface area contributed by atoms with E-state index >= 15 is 0 Å². The van der Waals surface area contributed by atoms with Gasteiger partial charge in [-0.3, -0.25) is 4.55 Å². The van der Waals surface area contributed by atoms with E-state index in [1.165, 1.54) is 41.7 Å². The molecule has 0 saturated heterocycles. The van der Waals surface area contributed by atoms with Crippen LogP contribution in [0.25, 0.3) is 11.4 Å². The lowest BCUT2D eigenvalue weighted by molar-refractivity contribution is 0.481. The SMILES string of the molecule is O=S(=O)(O)c1cccc(-n2nccn2)c1-n1nccn1. The summed E-state index contributed by atoms with van der Waals surface area (Å²) >= 11 is 0. The summed E-state index contributed by atoms with van der Waals surface area (Å²) in [5, 5.41) is 15.7. The molecule has 9 nitrogen and oxygen atoms in total. The van der Waals surface area contributed by atoms with Crippen molar-refractivity contribution in [3.63, 3.8) is 0 Å². The summed E-state index contributed by atoms with van der Waals surface area (Å²) in [4.78, 5) is 1.97. The molecule has 2 heterocycles. The average molecular weight is 292 g/mol. The topological polar surface area (TPSA) is 116 Å². The van der Waals surface area contributed by atoms with E-state index in [1.54, 1.807) is 6.07 Å². The quantitative estimate of drug-likeness (QED) is 0.680. The molecule has 0 fully saturated rings. The molecule has 20 heavy (non-hydrogen) atoms. The number of para-hydroxylation sites is 1. The van der Waals surface area contributed by atoms with Gasteiger partial charge in [-0.1, -0.05) is 6.07 Å². The molecular formula is C10H8N6O3S. The highest BCUT2D eigenvalue weighted by Gasteiger charge is 2.22. The second-order valence-corrected chi connectivity index (χ2v) is 5.13. The van der Waals surface area contributed by atoms with E-state index in [-0.39, 0.29) is 10.6 Å². The van der Waals surface area contributed by atoms with Gasteiger partial charge in [0.05, 0.1) is 24.8 Å². The minimum atomic E-state index is -4.44. The molecule has 10 heteroatoms. The first-order valence-corrected chi connectivity index (χ1v) is 6.85. The number of aromatic nitrogens is 6. The van der Waals surface area contributed by atoms with E-state index in [4.69, 9.17) is 0 Å². The number of hydrogen-bond donors (Lipinski definition) is 1. The zero-order valence-corrected chi connectivity index (χ0v) is 10.7. The maximum atomic E-state index is 11.5. The smallest absolute Gasteiger partial charge is 0.282 e. The Hall–Kier alpha value is -2.59. The average Bonchev–Trinajstić information content (AvgIpc) is 3.10. The maximum absolute atomic E-state index is 11.5. The van der Waals surface area contributed by atoms with Crippen molar-refractivity contribution in [1.82, 2.24) is 30.0 Å². The van der Waals surface area contributed by atoms with Crippen LogP contribution >= 0.6 is 0 Å². The highest BCUT2D eigenvalue weighted by atomic mass is 32.2. The summed E-state index contributed by atoms with van der Waals surface area (Å²) < 4.78 is 32.4. The van der Waals surface area contributed by atoms with Gasteiger partial charge in [0.15, 0.2) is 0 Å². The van der Waals surface area contributed by atoms with Crippen molar-refractivity contribution in [3.8, 4) is 11.4 Å². The largest absolute Gasteiger partial charge is 0.296 e. The van der Waals surface area contributed by atoms with Crippen LogP contribution in [0.3, 0.4) is 0 Å². The van der Waals surface area contributed by atoms with Gasteiger partial charge in [0.25, 0.3) is 10.1 Å². The second kappa shape index (κ2) is 4.51. The van der Waals surface area contributed by atoms with Gasteiger partial charge >= 0.3 is 0 Å². The summed E-state index contributed by atoms with van der Waals surface area (Å²) in [6, 6.07) is 4.31. The molecule has 0 radical (unpaired) electrons. The fraction of sp³-hybridized carbons (Fsp3) is 0. The van der Waals surface area contributed by atoms with Gasteiger partial charge in [0.1, 0.15) is 16.3 Å². The molecule has 2 aromatic heterocycles. The summed E-state index contributed by atoms with van der Waals surface area (Å²) in [7, 11) is -4.44. The predicted octanol–water partition coefficient (Wildman–Crippen LogP) is 0.0947. The molecule has 0 spiro atoms. The van der Waals surface area contributed by atoms with Crippen molar-refractivity contribution >= 4 is 10.1 Å². The molecule has 102 valence electrons. The molecule has 3 rings (SSSR count). The minimum absolute atomic E-state index is 0.0659. The van der Waals surface area contributed by atoms with E-state index in [2.05, 4.69) is 20.4 Å². The monoisotopic (exact) mass is 292 g/mol. The van der Waals surface area contributed by atoms with Crippen LogP contribution in [-0.2, 0) is 10.1 Å². The maximum Gasteiger partial charge on any atom is 0.296 e. The number of hydrogen-bond acceptors (Lipinski definition) is 6. The Kier molecular flexibility index (Phi) is 2.80. The molecule has 0 aliphatic heterocycles. The zero-order chi connectivity index (χ0) is 14.2. The van der Waals surface area contributed by atoms with Gasteiger partial charge < -0.3 is 0 Å². The summed E-state index contributed by atoms with van der Waals surface area (Å²) in [6.07, 6.45) is 5.67. The van der Waals surface area contributed by atoms with Crippen LogP contribution in [-0.4, -0.2) is 43.0 Å². The first-order chi connectivity index (χ1) is 9.57. The van der Waals surface area contributed by atoms with Crippen LogP contribution in [0.4, 0.5) is 0 Å². The van der Waals surface area contributed by atoms with Crippen molar-refractivity contribution in [2.24, 2.45) is 0 Å². The molecule has 1 N–H and O–H groups in total. The fourth-order valence-electron chi connectivity index (χ4n) is 1.75. The molecule has 0 atom stereocenters. The van der Waals surface area contributed by atoms with Gasteiger partial charge in [0, 0.05) is 0 Å². The zero-order valence-electron chi connectivity index (χ0n) is 9.90. The third-order valence-electron chi connectivity index (χ3n) is 2.51. The van der Waals surface area contributed by atoms with Crippen molar-refractivity contribution in [1.29, 1.82) is 0 Å². The molecule has 0 bridgehead atoms. The van der Waals surface area contributed by atoms with Crippen molar-refractivity contribution < 1.29 is 13.0 Å². The summed E-state index contributed by atoms with van der Waals surface area (Å²) in [6.45, 7) is 0. The van der Waals surface area contributed by atoms with Crippen LogP contribution in [0.15, 0.2) is 47.9 Å². The van der Waals surface area contributed by atoms with Crippen LogP contribution in [0, 0.1) is 0 Å². The Morgan fingerprint density at radius 3 is 2.00 bits per heavy atom. The molecule has 0 aliphatic rings. The summed E-state index contributed by atoms with van der Waals surface area (Å²) in [5.41, 5.74) is 0.387. The third-order valence-corrected chi connectivity index (χ3v) is 3.39. The van der Waals surface area contributed by atoms with E-state index < -0.39 is 10.1 Å². The normalized spacial score (nSPS) is 11.7. The molecule has 0 amide bonds. The molecular weight excluding hydrogens is 284 g/mol. The Morgan fingerprint density at radius 2 is 1.45 bits per heavy atom. The standard InChI is InChI=1S/C10H8N6O3S/c17-20(18,19)9-3-1-2-8(15-11-4-5-12-15)10(9)16-13-6-7-14-16/h1-7H,(H,17,18,19). The van der Waals surface area contributed by atoms with Gasteiger partial charge in [-0.25, -0.2) is 0 Å². The Morgan fingerprint density at radius 1 is 0.900 bits per heavy atom. The van der Waals surface area contributed by atoms with Gasteiger partial charge in [-0.15, -0.1) is 9.59 Å². The van der Waals surface area contributed by atoms with E-state index in [0.717, 1.165) is 4.80 Å². The third kappa shape index (κ3) is 2.06. The molecule has 0 unspecified atom stereocenters. The van der Waals surface area contributed by atoms with E-state index in [1.807, 2.05) is 0 Å². The number of rotatable bonds is 3. The van der Waals surface area contributed by atoms with Crippen molar-refractivity contribution in [2.75, 3.05) is 0 Å². The highest BCUT2D eigenvalue weighted by Crippen LogP contribution is 2.24. The number of nitrogens with zero attached hydrogens (tertiary/aromatic N) is 6. The van der Waals surface area contributed by atoms with Crippen LogP contribution in [0.1, 0.15) is 0 Å². The van der Waals surface area contributed by atoms with Crippen LogP contribution < -0.4 is 0 Å². The van der Waals surface area contributed by atoms with Crippen LogP contribution in [0.5, 0.6) is 0 Å². The Balaban J connectivity index is 2.37. The molecule has 0 saturated carbocycles. The van der Waals surface area contributed by atoms with Crippen molar-refractivity contribution in [2.45, 2.75) is 4.90 Å². The lowest BCUT2D eigenvalue weighted by Gasteiger charge is -2.10. The molecule has 0 aliphatic carbocycles. The first kappa shape index (κ1) is 12.4. The van der Waals surface area contributed by atoms with Crippen molar-refractivity contribution in [3.05, 3.63) is 43.0 Å². The molecule has 3 aromatic rings. The minimum Gasteiger partial charge on any atom is -0.282 e. The second-order valence-electron chi connectivity index (χ2n) is 3.74. The summed E-state index contributed by atoms with van der Waals surface area (Å²) in [5.74, 6) is 0. The predicted molar refractivity (Wildman–Crippen MR) is 66.1 cm³/mol. The lowest BCUT2D eigenvalue weighted by Crippen LogP contribution is -2.13. The number of benzene rings is 1.